The van der Waals surface area contributed by atoms with Crippen LogP contribution in [0, 0.1) is 0 Å². The quantitative estimate of drug-likeness (QED) is 0.107. The Labute approximate surface area is 235 Å². The first-order chi connectivity index (χ1) is 15.6. The average Bonchev–Trinajstić information content (AvgIpc) is 2.80. The number of unbranched alkanes of at least 4 members (excludes halogenated alkanes) is 17. The number of ether oxygens (including phenoxy) is 1. The van der Waals surface area contributed by atoms with Crippen molar-refractivity contribution in [2.24, 2.45) is 0 Å². The predicted molar refractivity (Wildman–Crippen MR) is 140 cm³/mol. The van der Waals surface area contributed by atoms with Crippen molar-refractivity contribution >= 4 is 49.7 Å². The smallest absolute Gasteiger partial charge is 1.00 e. The zero-order valence-electron chi connectivity index (χ0n) is 23.1. The maximum Gasteiger partial charge on any atom is 2.00 e. The van der Waals surface area contributed by atoms with Crippen LogP contribution in [0.15, 0.2) is 24.3 Å². The van der Waals surface area contributed by atoms with Gasteiger partial charge in [0.1, 0.15) is 0 Å². The van der Waals surface area contributed by atoms with Gasteiger partial charge in [-0.1, -0.05) is 122 Å². The van der Waals surface area contributed by atoms with Gasteiger partial charge in [0.15, 0.2) is 0 Å². The second-order valence-electron chi connectivity index (χ2n) is 9.03. The maximum atomic E-state index is 12.0. The molecule has 0 saturated heterocycles. The minimum Gasteiger partial charge on any atom is -1.00 e. The van der Waals surface area contributed by atoms with E-state index in [2.05, 4.69) is 6.92 Å². The second kappa shape index (κ2) is 23.2. The molecule has 4 nitrogen and oxygen atoms in total. The van der Waals surface area contributed by atoms with E-state index in [1.165, 1.54) is 115 Å². The first-order valence-corrected chi connectivity index (χ1v) is 13.2. The molecule has 0 amide bonds. The van der Waals surface area contributed by atoms with Crippen molar-refractivity contribution in [2.45, 2.75) is 122 Å². The summed E-state index contributed by atoms with van der Waals surface area (Å²) >= 11 is 0. The summed E-state index contributed by atoms with van der Waals surface area (Å²) in [5.41, 5.74) is 0.403. The van der Waals surface area contributed by atoms with Gasteiger partial charge >= 0.3 is 49.7 Å². The number of carbonyl (C=O) groups excluding carboxylic acids is 1. The zero-order valence-corrected chi connectivity index (χ0v) is 23.3. The van der Waals surface area contributed by atoms with Crippen LogP contribution in [0.1, 0.15) is 146 Å². The Morgan fingerprint density at radius 1 is 0.697 bits per heavy atom. The number of rotatable bonds is 21. The van der Waals surface area contributed by atoms with E-state index >= 15 is 0 Å². The monoisotopic (exact) mass is 488 g/mol. The van der Waals surface area contributed by atoms with Gasteiger partial charge in [0.05, 0.1) is 17.7 Å². The third-order valence-corrected chi connectivity index (χ3v) is 6.08. The molecule has 1 aromatic rings. The van der Waals surface area contributed by atoms with Crippen LogP contribution >= 0.6 is 0 Å². The number of benzene rings is 1. The van der Waals surface area contributed by atoms with Crippen molar-refractivity contribution in [3.05, 3.63) is 35.4 Å². The summed E-state index contributed by atoms with van der Waals surface area (Å²) in [6.45, 7) is 2.67. The largest absolute Gasteiger partial charge is 2.00 e. The SMILES string of the molecule is CCCCCCCCCCCCCCCCCCCCOC(=O)c1cccc(C(=O)O)c1.[Ca+2].[H-].[H-]. The van der Waals surface area contributed by atoms with Gasteiger partial charge in [0.25, 0.3) is 0 Å². The van der Waals surface area contributed by atoms with E-state index in [1.807, 2.05) is 0 Å². The molecule has 1 N–H and O–H groups in total. The van der Waals surface area contributed by atoms with E-state index in [4.69, 9.17) is 9.84 Å². The fourth-order valence-corrected chi connectivity index (χ4v) is 4.03. The molecule has 0 aromatic heterocycles. The number of hydrogen-bond acceptors (Lipinski definition) is 3. The molecular formula is C28H48CaO4. The van der Waals surface area contributed by atoms with Crippen molar-refractivity contribution in [2.75, 3.05) is 6.61 Å². The maximum absolute atomic E-state index is 12.0. The van der Waals surface area contributed by atoms with E-state index in [1.54, 1.807) is 12.1 Å². The van der Waals surface area contributed by atoms with E-state index in [9.17, 15) is 9.59 Å². The van der Waals surface area contributed by atoms with Crippen molar-refractivity contribution in [3.8, 4) is 0 Å². The third kappa shape index (κ3) is 18.4. The minimum absolute atomic E-state index is 0. The van der Waals surface area contributed by atoms with E-state index in [0.29, 0.717) is 12.2 Å². The number of carboxylic acid groups (broad SMARTS) is 1. The predicted octanol–water partition coefficient (Wildman–Crippen LogP) is 8.43. The first kappa shape index (κ1) is 32.4. The summed E-state index contributed by atoms with van der Waals surface area (Å²) in [5.74, 6) is -1.48. The van der Waals surface area contributed by atoms with Gasteiger partial charge < -0.3 is 12.7 Å². The summed E-state index contributed by atoms with van der Waals surface area (Å²) in [7, 11) is 0. The summed E-state index contributed by atoms with van der Waals surface area (Å²) in [5, 5.41) is 8.98. The van der Waals surface area contributed by atoms with Gasteiger partial charge in [-0.15, -0.1) is 0 Å². The van der Waals surface area contributed by atoms with Gasteiger partial charge in [-0.05, 0) is 24.6 Å². The third-order valence-electron chi connectivity index (χ3n) is 6.08. The number of esters is 1. The summed E-state index contributed by atoms with van der Waals surface area (Å²) in [4.78, 5) is 23.0. The molecular weight excluding hydrogens is 440 g/mol. The molecule has 186 valence electrons. The Bertz CT molecular complexity index is 629. The second-order valence-corrected chi connectivity index (χ2v) is 9.03. The van der Waals surface area contributed by atoms with Crippen molar-refractivity contribution in [1.29, 1.82) is 0 Å². The van der Waals surface area contributed by atoms with Gasteiger partial charge in [0.2, 0.25) is 0 Å². The molecule has 0 radical (unpaired) electrons. The average molecular weight is 489 g/mol. The number of carboxylic acids is 1. The molecule has 0 aliphatic heterocycles. The normalized spacial score (nSPS) is 10.6. The zero-order chi connectivity index (χ0) is 23.3. The van der Waals surface area contributed by atoms with Crippen LogP contribution in [0.2, 0.25) is 0 Å². The molecule has 1 aromatic carbocycles. The van der Waals surface area contributed by atoms with E-state index < -0.39 is 11.9 Å². The molecule has 0 aliphatic rings. The van der Waals surface area contributed by atoms with Crippen LogP contribution in [-0.4, -0.2) is 61.4 Å². The van der Waals surface area contributed by atoms with Crippen molar-refractivity contribution < 1.29 is 22.3 Å². The summed E-state index contributed by atoms with van der Waals surface area (Å²) in [6, 6.07) is 5.98. The number of aromatic carboxylic acids is 1. The fraction of sp³-hybridized carbons (Fsp3) is 0.714. The fourth-order valence-electron chi connectivity index (χ4n) is 4.03. The molecule has 0 heterocycles. The van der Waals surface area contributed by atoms with Gasteiger partial charge in [-0.3, -0.25) is 0 Å². The Morgan fingerprint density at radius 2 is 1.09 bits per heavy atom. The molecule has 0 saturated carbocycles. The van der Waals surface area contributed by atoms with Crippen molar-refractivity contribution in [3.63, 3.8) is 0 Å². The van der Waals surface area contributed by atoms with Crippen LogP contribution < -0.4 is 0 Å². The van der Waals surface area contributed by atoms with Gasteiger partial charge in [0, 0.05) is 0 Å². The summed E-state index contributed by atoms with van der Waals surface area (Å²) < 4.78 is 5.26. The Kier molecular flexibility index (Phi) is 22.8. The molecule has 0 bridgehead atoms. The molecule has 0 fully saturated rings. The van der Waals surface area contributed by atoms with Crippen molar-refractivity contribution in [1.82, 2.24) is 0 Å². The van der Waals surface area contributed by atoms with Crippen LogP contribution in [0.25, 0.3) is 0 Å². The number of hydrogen-bond donors (Lipinski definition) is 1. The first-order valence-electron chi connectivity index (χ1n) is 13.2. The number of carbonyl (C=O) groups is 2. The summed E-state index contributed by atoms with van der Waals surface area (Å²) in [6.07, 6.45) is 23.9. The van der Waals surface area contributed by atoms with E-state index in [0.717, 1.165) is 12.8 Å². The molecule has 0 aliphatic carbocycles. The molecule has 5 heteroatoms. The van der Waals surface area contributed by atoms with Gasteiger partial charge in [-0.25, -0.2) is 9.59 Å². The Morgan fingerprint density at radius 3 is 1.52 bits per heavy atom. The topological polar surface area (TPSA) is 63.6 Å². The Hall–Kier alpha value is -0.580. The van der Waals surface area contributed by atoms with Gasteiger partial charge in [-0.2, -0.15) is 0 Å². The molecule has 33 heavy (non-hydrogen) atoms. The van der Waals surface area contributed by atoms with E-state index in [-0.39, 0.29) is 46.2 Å². The molecule has 0 atom stereocenters. The van der Waals surface area contributed by atoms with Crippen LogP contribution in [0.5, 0.6) is 0 Å². The Balaban J connectivity index is -0.00000341. The van der Waals surface area contributed by atoms with Crippen LogP contribution in [0.4, 0.5) is 0 Å². The minimum atomic E-state index is -1.04. The van der Waals surface area contributed by atoms with Crippen LogP contribution in [0.3, 0.4) is 0 Å². The standard InChI is InChI=1S/C28H46O4.Ca.2H/c1-2-3-4-5-6-7-8-9-10-11-12-13-14-15-16-17-18-19-23-32-28(31)26-22-20-21-25(24-26)27(29)30;;;/h20-22,24H,2-19,23H2,1H3,(H,29,30);;;/q;+2;2*-1. The molecule has 0 spiro atoms. The van der Waals surface area contributed by atoms with Crippen LogP contribution in [-0.2, 0) is 4.74 Å². The molecule has 0 unspecified atom stereocenters. The molecule has 1 rings (SSSR count).